The molecule has 1 rings (SSSR count). The van der Waals surface area contributed by atoms with Crippen LogP contribution in [0.3, 0.4) is 0 Å². The summed E-state index contributed by atoms with van der Waals surface area (Å²) in [6.07, 6.45) is 2.21. The fraction of sp³-hybridized carbons (Fsp3) is 0.455. The van der Waals surface area contributed by atoms with E-state index in [9.17, 15) is 4.79 Å². The van der Waals surface area contributed by atoms with Gasteiger partial charge in [0, 0.05) is 23.9 Å². The van der Waals surface area contributed by atoms with E-state index in [-0.39, 0.29) is 5.78 Å². The lowest BCUT2D eigenvalue weighted by atomic mass is 10.1. The van der Waals surface area contributed by atoms with Crippen LogP contribution in [0.4, 0.5) is 0 Å². The first kappa shape index (κ1) is 9.90. The molecule has 0 N–H and O–H groups in total. The highest BCUT2D eigenvalue weighted by atomic mass is 16.1. The highest BCUT2D eigenvalue weighted by Gasteiger charge is 2.04. The molecule has 2 nitrogen and oxygen atoms in total. The highest BCUT2D eigenvalue weighted by Crippen LogP contribution is 2.11. The van der Waals surface area contributed by atoms with E-state index in [0.29, 0.717) is 17.9 Å². The van der Waals surface area contributed by atoms with Gasteiger partial charge >= 0.3 is 0 Å². The van der Waals surface area contributed by atoms with Crippen LogP contribution < -0.4 is 0 Å². The Kier molecular flexibility index (Phi) is 3.18. The Labute approximate surface area is 79.0 Å². The molecule has 1 aromatic rings. The normalized spacial score (nSPS) is 10.5. The molecule has 1 heterocycles. The average molecular weight is 177 g/mol. The fourth-order valence-electron chi connectivity index (χ4n) is 1.12. The van der Waals surface area contributed by atoms with Crippen LogP contribution in [0, 0.1) is 0 Å². The quantitative estimate of drug-likeness (QED) is 0.664. The summed E-state index contributed by atoms with van der Waals surface area (Å²) in [6.45, 7) is 6.03. The number of rotatable bonds is 3. The number of hydrogen-bond acceptors (Lipinski definition) is 2. The van der Waals surface area contributed by atoms with Crippen molar-refractivity contribution in [2.75, 3.05) is 0 Å². The van der Waals surface area contributed by atoms with Gasteiger partial charge in [0.2, 0.25) is 0 Å². The lowest BCUT2D eigenvalue weighted by molar-refractivity contribution is 0.0988. The van der Waals surface area contributed by atoms with Crippen molar-refractivity contribution in [3.63, 3.8) is 0 Å². The first-order chi connectivity index (χ1) is 6.15. The van der Waals surface area contributed by atoms with Gasteiger partial charge in [0.25, 0.3) is 0 Å². The zero-order valence-corrected chi connectivity index (χ0v) is 8.37. The Bertz CT molecular complexity index is 287. The molecule has 0 fully saturated rings. The first-order valence-corrected chi connectivity index (χ1v) is 4.64. The van der Waals surface area contributed by atoms with E-state index in [2.05, 4.69) is 18.8 Å². The van der Waals surface area contributed by atoms with E-state index >= 15 is 0 Å². The average Bonchev–Trinajstić information content (AvgIpc) is 2.17. The molecule has 0 aliphatic carbocycles. The zero-order valence-electron chi connectivity index (χ0n) is 8.37. The van der Waals surface area contributed by atoms with Crippen LogP contribution in [0.15, 0.2) is 18.3 Å². The fourth-order valence-corrected chi connectivity index (χ4v) is 1.12. The first-order valence-electron chi connectivity index (χ1n) is 4.64. The van der Waals surface area contributed by atoms with E-state index in [1.54, 1.807) is 6.20 Å². The van der Waals surface area contributed by atoms with Gasteiger partial charge in [0.1, 0.15) is 0 Å². The zero-order chi connectivity index (χ0) is 9.84. The Morgan fingerprint density at radius 1 is 1.46 bits per heavy atom. The standard InChI is InChI=1S/C11H15NO/c1-4-11(13)9-5-6-10(8(2)3)12-7-9/h5-8H,4H2,1-3H3. The van der Waals surface area contributed by atoms with Crippen LogP contribution in [-0.4, -0.2) is 10.8 Å². The second kappa shape index (κ2) is 4.17. The Hall–Kier alpha value is -1.18. The maximum Gasteiger partial charge on any atom is 0.164 e. The molecule has 0 saturated carbocycles. The number of Topliss-reactive ketones (excluding diaryl/α,β-unsaturated/α-hetero) is 1. The number of pyridine rings is 1. The third-order valence-electron chi connectivity index (χ3n) is 2.02. The summed E-state index contributed by atoms with van der Waals surface area (Å²) in [4.78, 5) is 15.5. The van der Waals surface area contributed by atoms with Gasteiger partial charge in [-0.2, -0.15) is 0 Å². The summed E-state index contributed by atoms with van der Waals surface area (Å²) < 4.78 is 0. The minimum atomic E-state index is 0.155. The van der Waals surface area contributed by atoms with Crippen LogP contribution in [0.2, 0.25) is 0 Å². The summed E-state index contributed by atoms with van der Waals surface area (Å²) in [5, 5.41) is 0. The van der Waals surface area contributed by atoms with E-state index < -0.39 is 0 Å². The monoisotopic (exact) mass is 177 g/mol. The lowest BCUT2D eigenvalue weighted by Gasteiger charge is -2.04. The topological polar surface area (TPSA) is 30.0 Å². The SMILES string of the molecule is CCC(=O)c1ccc(C(C)C)nc1. The van der Waals surface area contributed by atoms with Crippen molar-refractivity contribution in [1.82, 2.24) is 4.98 Å². The van der Waals surface area contributed by atoms with Crippen molar-refractivity contribution >= 4 is 5.78 Å². The van der Waals surface area contributed by atoms with Crippen molar-refractivity contribution in [2.24, 2.45) is 0 Å². The molecular formula is C11H15NO. The second-order valence-electron chi connectivity index (χ2n) is 3.40. The van der Waals surface area contributed by atoms with E-state index in [4.69, 9.17) is 0 Å². The number of carbonyl (C=O) groups excluding carboxylic acids is 1. The van der Waals surface area contributed by atoms with Gasteiger partial charge in [-0.1, -0.05) is 20.8 Å². The van der Waals surface area contributed by atoms with Gasteiger partial charge in [-0.05, 0) is 18.1 Å². The molecule has 1 aromatic heterocycles. The smallest absolute Gasteiger partial charge is 0.164 e. The van der Waals surface area contributed by atoms with Crippen molar-refractivity contribution in [1.29, 1.82) is 0 Å². The molecule has 0 unspecified atom stereocenters. The minimum Gasteiger partial charge on any atom is -0.294 e. The molecule has 70 valence electrons. The Morgan fingerprint density at radius 3 is 2.54 bits per heavy atom. The Morgan fingerprint density at radius 2 is 2.15 bits per heavy atom. The third kappa shape index (κ3) is 2.38. The summed E-state index contributed by atoms with van der Waals surface area (Å²) >= 11 is 0. The lowest BCUT2D eigenvalue weighted by Crippen LogP contribution is -1.99. The van der Waals surface area contributed by atoms with E-state index in [1.807, 2.05) is 19.1 Å². The minimum absolute atomic E-state index is 0.155. The molecule has 0 aromatic carbocycles. The molecule has 0 amide bonds. The highest BCUT2D eigenvalue weighted by molar-refractivity contribution is 5.95. The van der Waals surface area contributed by atoms with Gasteiger partial charge in [0.15, 0.2) is 5.78 Å². The summed E-state index contributed by atoms with van der Waals surface area (Å²) in [5.41, 5.74) is 1.75. The predicted molar refractivity (Wildman–Crippen MR) is 52.9 cm³/mol. The Balaban J connectivity index is 2.87. The largest absolute Gasteiger partial charge is 0.294 e. The molecule has 2 heteroatoms. The molecule has 0 atom stereocenters. The molecule has 0 aliphatic heterocycles. The summed E-state index contributed by atoms with van der Waals surface area (Å²) in [5.74, 6) is 0.577. The predicted octanol–water partition coefficient (Wildman–Crippen LogP) is 2.80. The summed E-state index contributed by atoms with van der Waals surface area (Å²) in [6, 6.07) is 3.78. The van der Waals surface area contributed by atoms with Crippen LogP contribution in [-0.2, 0) is 0 Å². The third-order valence-corrected chi connectivity index (χ3v) is 2.02. The number of ketones is 1. The van der Waals surface area contributed by atoms with Crippen molar-refractivity contribution in [3.8, 4) is 0 Å². The van der Waals surface area contributed by atoms with Crippen LogP contribution >= 0.6 is 0 Å². The van der Waals surface area contributed by atoms with Crippen molar-refractivity contribution < 1.29 is 4.79 Å². The molecule has 0 aliphatic rings. The van der Waals surface area contributed by atoms with Gasteiger partial charge in [-0.3, -0.25) is 9.78 Å². The van der Waals surface area contributed by atoms with E-state index in [1.165, 1.54) is 0 Å². The maximum atomic E-state index is 11.3. The van der Waals surface area contributed by atoms with Crippen LogP contribution in [0.25, 0.3) is 0 Å². The van der Waals surface area contributed by atoms with Gasteiger partial charge in [-0.25, -0.2) is 0 Å². The summed E-state index contributed by atoms with van der Waals surface area (Å²) in [7, 11) is 0. The van der Waals surface area contributed by atoms with E-state index in [0.717, 1.165) is 5.69 Å². The van der Waals surface area contributed by atoms with Gasteiger partial charge < -0.3 is 0 Å². The van der Waals surface area contributed by atoms with Crippen LogP contribution in [0.5, 0.6) is 0 Å². The van der Waals surface area contributed by atoms with Gasteiger partial charge in [-0.15, -0.1) is 0 Å². The molecule has 13 heavy (non-hydrogen) atoms. The van der Waals surface area contributed by atoms with Gasteiger partial charge in [0.05, 0.1) is 0 Å². The molecule has 0 radical (unpaired) electrons. The second-order valence-corrected chi connectivity index (χ2v) is 3.40. The van der Waals surface area contributed by atoms with Crippen molar-refractivity contribution in [3.05, 3.63) is 29.6 Å². The molecule has 0 saturated heterocycles. The van der Waals surface area contributed by atoms with Crippen molar-refractivity contribution in [2.45, 2.75) is 33.1 Å². The maximum absolute atomic E-state index is 11.3. The molecular weight excluding hydrogens is 162 g/mol. The molecule has 0 bridgehead atoms. The number of hydrogen-bond donors (Lipinski definition) is 0. The number of nitrogens with zero attached hydrogens (tertiary/aromatic N) is 1. The number of carbonyl (C=O) groups is 1. The van der Waals surface area contributed by atoms with Crippen LogP contribution in [0.1, 0.15) is 49.2 Å². The molecule has 0 spiro atoms. The number of aromatic nitrogens is 1.